The monoisotopic (exact) mass is 277 g/mol. The lowest BCUT2D eigenvalue weighted by Crippen LogP contribution is -2.49. The van der Waals surface area contributed by atoms with Crippen molar-refractivity contribution in [1.29, 1.82) is 0 Å². The number of rotatable bonds is 7. The minimum atomic E-state index is -1.17. The number of carboxylic acids is 1. The van der Waals surface area contributed by atoms with Crippen LogP contribution in [0.25, 0.3) is 0 Å². The van der Waals surface area contributed by atoms with Crippen LogP contribution in [0.1, 0.15) is 20.3 Å². The van der Waals surface area contributed by atoms with Gasteiger partial charge in [-0.2, -0.15) is 12.6 Å². The first-order valence-corrected chi connectivity index (χ1v) is 6.23. The minimum Gasteiger partial charge on any atom is -0.480 e. The van der Waals surface area contributed by atoms with Crippen LogP contribution in [0, 0.1) is 5.92 Å². The molecule has 6 nitrogen and oxygen atoms in total. The Balaban J connectivity index is 5.12. The first-order chi connectivity index (χ1) is 8.38. The summed E-state index contributed by atoms with van der Waals surface area (Å²) in [5.41, 5.74) is 0. The number of methoxy groups -OCH3 is 1. The summed E-state index contributed by atoms with van der Waals surface area (Å²) < 4.78 is 4.58. The van der Waals surface area contributed by atoms with E-state index in [4.69, 9.17) is 5.11 Å². The number of nitrogens with zero attached hydrogens (tertiary/aromatic N) is 1. The van der Waals surface area contributed by atoms with Crippen LogP contribution in [0.5, 0.6) is 0 Å². The second-order valence-corrected chi connectivity index (χ2v) is 4.26. The quantitative estimate of drug-likeness (QED) is 0.520. The van der Waals surface area contributed by atoms with Gasteiger partial charge in [0, 0.05) is 11.7 Å². The second kappa shape index (κ2) is 7.97. The fourth-order valence-corrected chi connectivity index (χ4v) is 1.66. The molecule has 0 spiro atoms. The van der Waals surface area contributed by atoms with Gasteiger partial charge in [0.15, 0.2) is 0 Å². The molecule has 0 heterocycles. The van der Waals surface area contributed by atoms with Crippen molar-refractivity contribution >= 4 is 30.5 Å². The first-order valence-electron chi connectivity index (χ1n) is 5.59. The Morgan fingerprint density at radius 1 is 1.39 bits per heavy atom. The summed E-state index contributed by atoms with van der Waals surface area (Å²) in [7, 11) is 1.20. The predicted octanol–water partition coefficient (Wildman–Crippen LogP) is 0.417. The van der Waals surface area contributed by atoms with Crippen LogP contribution in [0.3, 0.4) is 0 Å². The normalized spacial score (nSPS) is 13.6. The van der Waals surface area contributed by atoms with Crippen molar-refractivity contribution in [3.63, 3.8) is 0 Å². The van der Waals surface area contributed by atoms with Gasteiger partial charge in [0.2, 0.25) is 5.91 Å². The maximum Gasteiger partial charge on any atom is 0.328 e. The number of thiol groups is 1. The highest BCUT2D eigenvalue weighted by atomic mass is 32.1. The lowest BCUT2D eigenvalue weighted by atomic mass is 10.1. The number of carboxylic acid groups (broad SMARTS) is 1. The number of amides is 1. The van der Waals surface area contributed by atoms with E-state index in [0.29, 0.717) is 6.42 Å². The molecule has 0 aromatic heterocycles. The maximum absolute atomic E-state index is 12.0. The Labute approximate surface area is 112 Å². The van der Waals surface area contributed by atoms with Crippen molar-refractivity contribution in [3.05, 3.63) is 0 Å². The van der Waals surface area contributed by atoms with Gasteiger partial charge in [0.25, 0.3) is 0 Å². The summed E-state index contributed by atoms with van der Waals surface area (Å²) in [5, 5.41) is 8.82. The third kappa shape index (κ3) is 4.56. The Hall–Kier alpha value is -1.24. The Bertz CT molecular complexity index is 321. The predicted molar refractivity (Wildman–Crippen MR) is 68.5 cm³/mol. The Kier molecular flexibility index (Phi) is 7.42. The highest BCUT2D eigenvalue weighted by molar-refractivity contribution is 7.80. The zero-order valence-corrected chi connectivity index (χ0v) is 11.6. The van der Waals surface area contributed by atoms with Gasteiger partial charge < -0.3 is 14.7 Å². The summed E-state index contributed by atoms with van der Waals surface area (Å²) in [6.45, 7) is 2.80. The zero-order chi connectivity index (χ0) is 14.3. The molecule has 0 saturated carbocycles. The average Bonchev–Trinajstić information content (AvgIpc) is 2.35. The zero-order valence-electron chi connectivity index (χ0n) is 10.8. The number of carbonyl (C=O) groups excluding carboxylic acids is 2. The Morgan fingerprint density at radius 2 is 1.94 bits per heavy atom. The molecule has 0 aromatic carbocycles. The second-order valence-electron chi connectivity index (χ2n) is 3.89. The van der Waals surface area contributed by atoms with Crippen molar-refractivity contribution in [1.82, 2.24) is 4.90 Å². The molecule has 0 aromatic rings. The largest absolute Gasteiger partial charge is 0.480 e. The maximum atomic E-state index is 12.0. The summed E-state index contributed by atoms with van der Waals surface area (Å²) in [6, 6.07) is -0.874. The van der Waals surface area contributed by atoms with E-state index >= 15 is 0 Å². The van der Waals surface area contributed by atoms with Crippen molar-refractivity contribution < 1.29 is 24.2 Å². The summed E-state index contributed by atoms with van der Waals surface area (Å²) in [5.74, 6) is -2.36. The molecule has 0 radical (unpaired) electrons. The number of aliphatic carboxylic acids is 1. The van der Waals surface area contributed by atoms with E-state index in [-0.39, 0.29) is 5.75 Å². The molecule has 1 amide bonds. The number of esters is 1. The molecule has 0 saturated heterocycles. The van der Waals surface area contributed by atoms with Gasteiger partial charge in [-0.3, -0.25) is 9.59 Å². The van der Waals surface area contributed by atoms with Crippen molar-refractivity contribution in [2.45, 2.75) is 26.3 Å². The molecule has 1 N–H and O–H groups in total. The highest BCUT2D eigenvalue weighted by Crippen LogP contribution is 2.12. The van der Waals surface area contributed by atoms with E-state index in [0.717, 1.165) is 4.90 Å². The van der Waals surface area contributed by atoms with E-state index in [9.17, 15) is 14.4 Å². The van der Waals surface area contributed by atoms with Gasteiger partial charge in [-0.1, -0.05) is 13.8 Å². The number of carbonyl (C=O) groups is 3. The minimum absolute atomic E-state index is 0.284. The van der Waals surface area contributed by atoms with Crippen LogP contribution >= 0.6 is 12.6 Å². The molecule has 0 fully saturated rings. The summed E-state index contributed by atoms with van der Waals surface area (Å²) in [6.07, 6.45) is 0.297. The Morgan fingerprint density at radius 3 is 2.28 bits per heavy atom. The molecule has 0 rings (SSSR count). The van der Waals surface area contributed by atoms with Crippen molar-refractivity contribution in [2.24, 2.45) is 5.92 Å². The van der Waals surface area contributed by atoms with Crippen LogP contribution in [-0.2, 0) is 19.1 Å². The fourth-order valence-electron chi connectivity index (χ4n) is 1.50. The molecule has 2 atom stereocenters. The van der Waals surface area contributed by atoms with E-state index in [1.165, 1.54) is 7.11 Å². The van der Waals surface area contributed by atoms with Crippen LogP contribution in [0.15, 0.2) is 0 Å². The van der Waals surface area contributed by atoms with Gasteiger partial charge in [-0.25, -0.2) is 4.79 Å². The fraction of sp³-hybridized carbons (Fsp3) is 0.727. The molecule has 0 aliphatic rings. The third-order valence-electron chi connectivity index (χ3n) is 2.52. The lowest BCUT2D eigenvalue weighted by Gasteiger charge is -2.29. The van der Waals surface area contributed by atoms with Gasteiger partial charge in [0.05, 0.1) is 7.11 Å². The number of ether oxygens (including phenoxy) is 1. The molecule has 104 valence electrons. The smallest absolute Gasteiger partial charge is 0.328 e. The van der Waals surface area contributed by atoms with Crippen LogP contribution in [0.2, 0.25) is 0 Å². The third-order valence-corrected chi connectivity index (χ3v) is 3.07. The van der Waals surface area contributed by atoms with Gasteiger partial charge in [-0.15, -0.1) is 0 Å². The van der Waals surface area contributed by atoms with E-state index in [1.54, 1.807) is 13.8 Å². The molecular formula is C11H19NO5S. The van der Waals surface area contributed by atoms with Gasteiger partial charge in [0.1, 0.15) is 12.6 Å². The number of hydrogen-bond donors (Lipinski definition) is 2. The van der Waals surface area contributed by atoms with Crippen molar-refractivity contribution in [3.8, 4) is 0 Å². The molecule has 0 unspecified atom stereocenters. The SMILES string of the molecule is CC[C@H](C(=O)OC)N(CC(=O)O)C(=O)[C@H](C)CS. The molecule has 0 bridgehead atoms. The highest BCUT2D eigenvalue weighted by Gasteiger charge is 2.32. The van der Waals surface area contributed by atoms with Crippen LogP contribution < -0.4 is 0 Å². The van der Waals surface area contributed by atoms with E-state index in [2.05, 4.69) is 17.4 Å². The standard InChI is InChI=1S/C11H19NO5S/c1-4-8(11(16)17-3)12(5-9(13)14)10(15)7(2)6-18/h7-8,18H,4-6H2,1-3H3,(H,13,14)/t7-,8-/m1/s1. The number of hydrogen-bond acceptors (Lipinski definition) is 5. The molecule has 18 heavy (non-hydrogen) atoms. The lowest BCUT2D eigenvalue weighted by molar-refractivity contribution is -0.157. The topological polar surface area (TPSA) is 83.9 Å². The van der Waals surface area contributed by atoms with Gasteiger partial charge >= 0.3 is 11.9 Å². The average molecular weight is 277 g/mol. The summed E-state index contributed by atoms with van der Waals surface area (Å²) in [4.78, 5) is 35.4. The van der Waals surface area contributed by atoms with Crippen molar-refractivity contribution in [2.75, 3.05) is 19.4 Å². The first kappa shape index (κ1) is 16.8. The summed E-state index contributed by atoms with van der Waals surface area (Å²) >= 11 is 4.00. The van der Waals surface area contributed by atoms with E-state index < -0.39 is 36.4 Å². The van der Waals surface area contributed by atoms with Gasteiger partial charge in [-0.05, 0) is 6.42 Å². The van der Waals surface area contributed by atoms with E-state index in [1.807, 2.05) is 0 Å². The van der Waals surface area contributed by atoms with Crippen LogP contribution in [0.4, 0.5) is 0 Å². The molecule has 0 aliphatic carbocycles. The molecular weight excluding hydrogens is 258 g/mol. The molecule has 0 aliphatic heterocycles. The molecule has 7 heteroatoms. The van der Waals surface area contributed by atoms with Crippen LogP contribution in [-0.4, -0.2) is 53.3 Å².